The highest BCUT2D eigenvalue weighted by molar-refractivity contribution is 5.84. The minimum Gasteiger partial charge on any atom is -0.461 e. The lowest BCUT2D eigenvalue weighted by Crippen LogP contribution is -2.58. The van der Waals surface area contributed by atoms with E-state index in [-0.39, 0.29) is 29.7 Å². The van der Waals surface area contributed by atoms with Crippen LogP contribution in [0.3, 0.4) is 0 Å². The van der Waals surface area contributed by atoms with Gasteiger partial charge in [-0.3, -0.25) is 9.78 Å². The van der Waals surface area contributed by atoms with Crippen molar-refractivity contribution in [2.75, 3.05) is 0 Å². The zero-order valence-corrected chi connectivity index (χ0v) is 17.0. The average Bonchev–Trinajstić information content (AvgIpc) is 2.91. The van der Waals surface area contributed by atoms with Crippen LogP contribution in [0.2, 0.25) is 0 Å². The van der Waals surface area contributed by atoms with Crippen molar-refractivity contribution in [2.45, 2.75) is 38.8 Å². The Balaban J connectivity index is 1.58. The van der Waals surface area contributed by atoms with Crippen LogP contribution in [0.1, 0.15) is 32.9 Å². The molecule has 6 atom stereocenters. The number of fused-ring (bicyclic) bond motifs is 1. The van der Waals surface area contributed by atoms with E-state index < -0.39 is 5.54 Å². The Morgan fingerprint density at radius 1 is 1.21 bits per heavy atom. The molecule has 0 spiro atoms. The number of pyridine rings is 1. The Morgan fingerprint density at radius 2 is 2.00 bits per heavy atom. The molecule has 2 fully saturated rings. The van der Waals surface area contributed by atoms with Crippen LogP contribution >= 0.6 is 0 Å². The maximum Gasteiger partial charge on any atom is 0.326 e. The van der Waals surface area contributed by atoms with Gasteiger partial charge in [0, 0.05) is 17.7 Å². The lowest BCUT2D eigenvalue weighted by atomic mass is 9.59. The largest absolute Gasteiger partial charge is 0.461 e. The highest BCUT2D eigenvalue weighted by atomic mass is 19.1. The van der Waals surface area contributed by atoms with E-state index in [4.69, 9.17) is 10.5 Å². The number of aromatic nitrogens is 1. The molecule has 0 unspecified atom stereocenters. The minimum atomic E-state index is -0.908. The first-order valence-electron chi connectivity index (χ1n) is 10.2. The molecule has 1 saturated heterocycles. The summed E-state index contributed by atoms with van der Waals surface area (Å²) in [6, 6.07) is 10.3. The van der Waals surface area contributed by atoms with Crippen molar-refractivity contribution in [1.82, 2.24) is 4.98 Å². The van der Waals surface area contributed by atoms with E-state index in [1.807, 2.05) is 31.2 Å². The highest BCUT2D eigenvalue weighted by Crippen LogP contribution is 2.50. The van der Waals surface area contributed by atoms with Gasteiger partial charge in [-0.15, -0.1) is 0 Å². The van der Waals surface area contributed by atoms with Gasteiger partial charge >= 0.3 is 5.97 Å². The summed E-state index contributed by atoms with van der Waals surface area (Å²) in [5.74, 6) is 0.270. The number of cyclic esters (lactones) is 1. The van der Waals surface area contributed by atoms with Crippen LogP contribution in [0.15, 0.2) is 48.7 Å². The first-order valence-corrected chi connectivity index (χ1v) is 10.2. The van der Waals surface area contributed by atoms with Gasteiger partial charge in [-0.2, -0.15) is 0 Å². The summed E-state index contributed by atoms with van der Waals surface area (Å²) in [7, 11) is 0. The zero-order chi connectivity index (χ0) is 20.8. The second-order valence-electron chi connectivity index (χ2n) is 8.64. The lowest BCUT2D eigenvalue weighted by molar-refractivity contribution is -0.145. The quantitative estimate of drug-likeness (QED) is 0.781. The summed E-state index contributed by atoms with van der Waals surface area (Å²) in [5, 5.41) is 0. The topological polar surface area (TPSA) is 65.2 Å². The molecule has 1 aliphatic carbocycles. The van der Waals surface area contributed by atoms with Crippen LogP contribution in [-0.2, 0) is 9.53 Å². The molecule has 2 N–H and O–H groups in total. The second-order valence-corrected chi connectivity index (χ2v) is 8.64. The van der Waals surface area contributed by atoms with E-state index in [1.165, 1.54) is 12.1 Å². The van der Waals surface area contributed by atoms with Gasteiger partial charge in [0.2, 0.25) is 0 Å². The highest BCUT2D eigenvalue weighted by Gasteiger charge is 2.60. The minimum absolute atomic E-state index is 0.0379. The molecule has 0 bridgehead atoms. The molecule has 0 radical (unpaired) electrons. The number of nitrogens with two attached hydrogens (primary N) is 1. The maximum atomic E-state index is 13.4. The van der Waals surface area contributed by atoms with Crippen LogP contribution in [0.4, 0.5) is 4.39 Å². The van der Waals surface area contributed by atoms with E-state index in [1.54, 1.807) is 12.3 Å². The predicted molar refractivity (Wildman–Crippen MR) is 111 cm³/mol. The Bertz CT molecular complexity index is 942. The van der Waals surface area contributed by atoms with Gasteiger partial charge in [0.15, 0.2) is 0 Å². The summed E-state index contributed by atoms with van der Waals surface area (Å²) >= 11 is 0. The number of carbonyl (C=O) groups is 1. The molecule has 4 rings (SSSR count). The molecule has 1 aromatic carbocycles. The van der Waals surface area contributed by atoms with Crippen LogP contribution < -0.4 is 5.73 Å². The number of hydrogen-bond acceptors (Lipinski definition) is 4. The lowest BCUT2D eigenvalue weighted by Gasteiger charge is -2.45. The van der Waals surface area contributed by atoms with Crippen molar-refractivity contribution < 1.29 is 13.9 Å². The van der Waals surface area contributed by atoms with E-state index in [0.717, 1.165) is 16.8 Å². The average molecular weight is 394 g/mol. The number of ether oxygens (including phenoxy) is 1. The SMILES string of the molecule is C[C@H]1[C@H](/C=C/c2ccc(-c3cccc(F)c3)cn2)[C@@H]2[C@@H](C)OC(=O)[C@]2(N)C[C@@H]1C. The molecule has 0 amide bonds. The fourth-order valence-corrected chi connectivity index (χ4v) is 5.05. The molecule has 1 aliphatic heterocycles. The second kappa shape index (κ2) is 7.38. The number of benzene rings is 1. The van der Waals surface area contributed by atoms with Gasteiger partial charge in [-0.1, -0.05) is 38.1 Å². The van der Waals surface area contributed by atoms with Gasteiger partial charge in [-0.05, 0) is 60.9 Å². The zero-order valence-electron chi connectivity index (χ0n) is 17.0. The summed E-state index contributed by atoms with van der Waals surface area (Å²) in [6.07, 6.45) is 6.34. The van der Waals surface area contributed by atoms with Crippen LogP contribution in [0, 0.1) is 29.5 Å². The van der Waals surface area contributed by atoms with Gasteiger partial charge < -0.3 is 10.5 Å². The number of esters is 1. The van der Waals surface area contributed by atoms with Crippen molar-refractivity contribution in [2.24, 2.45) is 29.4 Å². The molecular formula is C24H27FN2O2. The first-order chi connectivity index (χ1) is 13.8. The van der Waals surface area contributed by atoms with Gasteiger partial charge in [0.1, 0.15) is 17.5 Å². The molecule has 1 aromatic heterocycles. The van der Waals surface area contributed by atoms with E-state index >= 15 is 0 Å². The predicted octanol–water partition coefficient (Wildman–Crippen LogP) is 4.45. The number of hydrogen-bond donors (Lipinski definition) is 1. The molecule has 1 saturated carbocycles. The molecule has 2 aliphatic rings. The van der Waals surface area contributed by atoms with Crippen molar-refractivity contribution >= 4 is 12.0 Å². The molecule has 152 valence electrons. The Labute approximate surface area is 171 Å². The Hall–Kier alpha value is -2.53. The Kier molecular flexibility index (Phi) is 5.03. The molecule has 29 heavy (non-hydrogen) atoms. The standard InChI is InChI=1S/C24H27FN2O2/c1-14-12-24(26)22(16(3)29-23(24)28)21(15(14)2)10-9-20-8-7-18(13-27-20)17-5-4-6-19(25)11-17/h4-11,13-16,21-22H,12,26H2,1-3H3/b10-9+/t14-,15+,16+,21-,22-,24-/m0/s1. The fraction of sp³-hybridized carbons (Fsp3) is 0.417. The van der Waals surface area contributed by atoms with Gasteiger partial charge in [-0.25, -0.2) is 4.39 Å². The molecule has 2 aromatic rings. The number of halogens is 1. The van der Waals surface area contributed by atoms with Gasteiger partial charge in [0.25, 0.3) is 0 Å². The summed E-state index contributed by atoms with van der Waals surface area (Å²) in [4.78, 5) is 16.9. The number of rotatable bonds is 3. The third-order valence-electron chi connectivity index (χ3n) is 6.79. The summed E-state index contributed by atoms with van der Waals surface area (Å²) in [6.45, 7) is 6.31. The summed E-state index contributed by atoms with van der Waals surface area (Å²) < 4.78 is 19.0. The first kappa shape index (κ1) is 19.8. The fourth-order valence-electron chi connectivity index (χ4n) is 5.05. The molecule has 5 heteroatoms. The maximum absolute atomic E-state index is 13.4. The molecule has 2 heterocycles. The van der Waals surface area contributed by atoms with Crippen LogP contribution in [0.25, 0.3) is 17.2 Å². The van der Waals surface area contributed by atoms with Crippen molar-refractivity contribution in [3.8, 4) is 11.1 Å². The van der Waals surface area contributed by atoms with Crippen molar-refractivity contribution in [3.63, 3.8) is 0 Å². The molecular weight excluding hydrogens is 367 g/mol. The van der Waals surface area contributed by atoms with Crippen LogP contribution in [0.5, 0.6) is 0 Å². The number of allylic oxidation sites excluding steroid dienone is 1. The van der Waals surface area contributed by atoms with Gasteiger partial charge in [0.05, 0.1) is 5.69 Å². The van der Waals surface area contributed by atoms with E-state index in [9.17, 15) is 9.18 Å². The molecule has 4 nitrogen and oxygen atoms in total. The van der Waals surface area contributed by atoms with Crippen molar-refractivity contribution in [1.29, 1.82) is 0 Å². The smallest absolute Gasteiger partial charge is 0.326 e. The third kappa shape index (κ3) is 3.48. The van der Waals surface area contributed by atoms with Crippen molar-refractivity contribution in [3.05, 3.63) is 60.2 Å². The Morgan fingerprint density at radius 3 is 2.69 bits per heavy atom. The van der Waals surface area contributed by atoms with Crippen LogP contribution in [-0.4, -0.2) is 22.6 Å². The third-order valence-corrected chi connectivity index (χ3v) is 6.79. The summed E-state index contributed by atoms with van der Waals surface area (Å²) in [5.41, 5.74) is 8.12. The van der Waals surface area contributed by atoms with E-state index in [2.05, 4.69) is 24.9 Å². The monoisotopic (exact) mass is 394 g/mol. The number of carbonyl (C=O) groups excluding carboxylic acids is 1. The number of nitrogens with zero attached hydrogens (tertiary/aromatic N) is 1. The van der Waals surface area contributed by atoms with E-state index in [0.29, 0.717) is 18.3 Å². The normalized spacial score (nSPS) is 34.2.